The van der Waals surface area contributed by atoms with Crippen molar-refractivity contribution in [2.24, 2.45) is 0 Å². The Morgan fingerprint density at radius 1 is 1.10 bits per heavy atom. The van der Waals surface area contributed by atoms with Gasteiger partial charge in [-0.2, -0.15) is 0 Å². The summed E-state index contributed by atoms with van der Waals surface area (Å²) < 4.78 is 14.9. The molecule has 1 atom stereocenters. The van der Waals surface area contributed by atoms with Gasteiger partial charge in [0, 0.05) is 4.47 Å². The van der Waals surface area contributed by atoms with E-state index in [0.29, 0.717) is 5.56 Å². The van der Waals surface area contributed by atoms with E-state index in [4.69, 9.17) is 0 Å². The SMILES string of the molecule is CCNC(c1cc(C)cc(Br)c1)c1ccc(C)c(F)c1. The molecule has 0 saturated carbocycles. The Kier molecular flexibility index (Phi) is 4.95. The summed E-state index contributed by atoms with van der Waals surface area (Å²) in [5.74, 6) is -0.155. The molecule has 0 spiro atoms. The molecule has 1 unspecified atom stereocenters. The molecule has 0 fully saturated rings. The van der Waals surface area contributed by atoms with Crippen molar-refractivity contribution in [3.8, 4) is 0 Å². The zero-order chi connectivity index (χ0) is 14.7. The number of hydrogen-bond acceptors (Lipinski definition) is 1. The van der Waals surface area contributed by atoms with E-state index >= 15 is 0 Å². The lowest BCUT2D eigenvalue weighted by atomic mass is 9.96. The molecular weight excluding hydrogens is 317 g/mol. The van der Waals surface area contributed by atoms with Crippen LogP contribution in [0.4, 0.5) is 4.39 Å². The van der Waals surface area contributed by atoms with Crippen LogP contribution in [-0.4, -0.2) is 6.54 Å². The fourth-order valence-corrected chi connectivity index (χ4v) is 2.98. The number of nitrogens with one attached hydrogen (secondary N) is 1. The lowest BCUT2D eigenvalue weighted by molar-refractivity contribution is 0.597. The normalized spacial score (nSPS) is 12.4. The van der Waals surface area contributed by atoms with E-state index in [-0.39, 0.29) is 11.9 Å². The summed E-state index contributed by atoms with van der Waals surface area (Å²) in [5.41, 5.74) is 3.95. The Morgan fingerprint density at radius 2 is 1.85 bits per heavy atom. The summed E-state index contributed by atoms with van der Waals surface area (Å²) in [7, 11) is 0. The lowest BCUT2D eigenvalue weighted by Crippen LogP contribution is -2.22. The largest absolute Gasteiger partial charge is 0.307 e. The van der Waals surface area contributed by atoms with Crippen LogP contribution in [0.3, 0.4) is 0 Å². The Labute approximate surface area is 128 Å². The van der Waals surface area contributed by atoms with Crippen LogP contribution in [0.2, 0.25) is 0 Å². The highest BCUT2D eigenvalue weighted by Crippen LogP contribution is 2.27. The molecule has 0 heterocycles. The summed E-state index contributed by atoms with van der Waals surface area (Å²) in [6.45, 7) is 6.73. The highest BCUT2D eigenvalue weighted by atomic mass is 79.9. The first-order valence-corrected chi connectivity index (χ1v) is 7.57. The standard InChI is InChI=1S/C17H19BrFN/c1-4-20-17(13-6-5-12(3)16(19)10-13)14-7-11(2)8-15(18)9-14/h5-10,17,20H,4H2,1-3H3. The number of aryl methyl sites for hydroxylation is 2. The van der Waals surface area contributed by atoms with Gasteiger partial charge in [-0.05, 0) is 60.8 Å². The quantitative estimate of drug-likeness (QED) is 0.837. The second-order valence-corrected chi connectivity index (χ2v) is 5.98. The molecule has 0 bridgehead atoms. The van der Waals surface area contributed by atoms with Gasteiger partial charge < -0.3 is 5.32 Å². The third-order valence-electron chi connectivity index (χ3n) is 3.34. The third kappa shape index (κ3) is 3.47. The first kappa shape index (κ1) is 15.2. The van der Waals surface area contributed by atoms with Gasteiger partial charge in [0.2, 0.25) is 0 Å². The summed E-state index contributed by atoms with van der Waals surface area (Å²) in [5, 5.41) is 3.43. The van der Waals surface area contributed by atoms with Crippen molar-refractivity contribution in [1.82, 2.24) is 5.32 Å². The van der Waals surface area contributed by atoms with Crippen LogP contribution in [0.1, 0.15) is 35.2 Å². The molecule has 0 amide bonds. The van der Waals surface area contributed by atoms with E-state index < -0.39 is 0 Å². The molecule has 0 aliphatic heterocycles. The molecule has 2 aromatic rings. The van der Waals surface area contributed by atoms with Crippen molar-refractivity contribution in [2.45, 2.75) is 26.8 Å². The van der Waals surface area contributed by atoms with Crippen molar-refractivity contribution in [2.75, 3.05) is 6.54 Å². The minimum absolute atomic E-state index is 0.00583. The summed E-state index contributed by atoms with van der Waals surface area (Å²) in [4.78, 5) is 0. The van der Waals surface area contributed by atoms with Crippen LogP contribution >= 0.6 is 15.9 Å². The summed E-state index contributed by atoms with van der Waals surface area (Å²) >= 11 is 3.53. The minimum atomic E-state index is -0.155. The average Bonchev–Trinajstić information content (AvgIpc) is 2.38. The fraction of sp³-hybridized carbons (Fsp3) is 0.294. The number of halogens is 2. The Hall–Kier alpha value is -1.19. The van der Waals surface area contributed by atoms with Gasteiger partial charge in [0.25, 0.3) is 0 Å². The summed E-state index contributed by atoms with van der Waals surface area (Å²) in [6.07, 6.45) is 0. The van der Waals surface area contributed by atoms with Crippen LogP contribution in [0, 0.1) is 19.7 Å². The topological polar surface area (TPSA) is 12.0 Å². The highest BCUT2D eigenvalue weighted by Gasteiger charge is 2.15. The first-order valence-electron chi connectivity index (χ1n) is 6.77. The maximum absolute atomic E-state index is 13.8. The molecule has 106 valence electrons. The van der Waals surface area contributed by atoms with Crippen molar-refractivity contribution in [1.29, 1.82) is 0 Å². The second-order valence-electron chi connectivity index (χ2n) is 5.06. The van der Waals surface area contributed by atoms with Gasteiger partial charge in [-0.25, -0.2) is 4.39 Å². The van der Waals surface area contributed by atoms with Crippen molar-refractivity contribution in [3.05, 3.63) is 68.9 Å². The highest BCUT2D eigenvalue weighted by molar-refractivity contribution is 9.10. The fourth-order valence-electron chi connectivity index (χ4n) is 2.35. The average molecular weight is 336 g/mol. The molecule has 0 aliphatic rings. The first-order chi connectivity index (χ1) is 9.51. The Morgan fingerprint density at radius 3 is 2.45 bits per heavy atom. The maximum atomic E-state index is 13.8. The zero-order valence-corrected chi connectivity index (χ0v) is 13.6. The molecule has 0 aromatic heterocycles. The smallest absolute Gasteiger partial charge is 0.126 e. The molecular formula is C17H19BrFN. The van der Waals surface area contributed by atoms with Gasteiger partial charge >= 0.3 is 0 Å². The molecule has 1 N–H and O–H groups in total. The van der Waals surface area contributed by atoms with E-state index in [1.165, 1.54) is 5.56 Å². The molecule has 0 aliphatic carbocycles. The van der Waals surface area contributed by atoms with Gasteiger partial charge in [-0.15, -0.1) is 0 Å². The molecule has 1 nitrogen and oxygen atoms in total. The Balaban J connectivity index is 2.46. The van der Waals surface area contributed by atoms with Crippen LogP contribution in [0.25, 0.3) is 0 Å². The van der Waals surface area contributed by atoms with Crippen LogP contribution < -0.4 is 5.32 Å². The van der Waals surface area contributed by atoms with E-state index in [0.717, 1.165) is 22.1 Å². The molecule has 20 heavy (non-hydrogen) atoms. The molecule has 2 rings (SSSR count). The third-order valence-corrected chi connectivity index (χ3v) is 3.79. The van der Waals surface area contributed by atoms with E-state index in [2.05, 4.69) is 53.3 Å². The van der Waals surface area contributed by atoms with Crippen molar-refractivity contribution in [3.63, 3.8) is 0 Å². The lowest BCUT2D eigenvalue weighted by Gasteiger charge is -2.20. The predicted octanol–water partition coefficient (Wildman–Crippen LogP) is 4.90. The van der Waals surface area contributed by atoms with Crippen molar-refractivity contribution < 1.29 is 4.39 Å². The van der Waals surface area contributed by atoms with Gasteiger partial charge in [-0.3, -0.25) is 0 Å². The zero-order valence-electron chi connectivity index (χ0n) is 12.0. The van der Waals surface area contributed by atoms with Crippen molar-refractivity contribution >= 4 is 15.9 Å². The second kappa shape index (κ2) is 6.51. The van der Waals surface area contributed by atoms with E-state index in [1.54, 1.807) is 13.0 Å². The van der Waals surface area contributed by atoms with E-state index in [1.807, 2.05) is 12.1 Å². The summed E-state index contributed by atoms with van der Waals surface area (Å²) in [6, 6.07) is 11.7. The Bertz CT molecular complexity index is 590. The van der Waals surface area contributed by atoms with Gasteiger partial charge in [0.15, 0.2) is 0 Å². The number of hydrogen-bond donors (Lipinski definition) is 1. The van der Waals surface area contributed by atoms with Gasteiger partial charge in [0.1, 0.15) is 5.82 Å². The maximum Gasteiger partial charge on any atom is 0.126 e. The predicted molar refractivity (Wildman–Crippen MR) is 85.5 cm³/mol. The monoisotopic (exact) mass is 335 g/mol. The number of benzene rings is 2. The molecule has 3 heteroatoms. The van der Waals surface area contributed by atoms with Crippen LogP contribution in [0.5, 0.6) is 0 Å². The van der Waals surface area contributed by atoms with E-state index in [9.17, 15) is 4.39 Å². The van der Waals surface area contributed by atoms with Crippen LogP contribution in [0.15, 0.2) is 40.9 Å². The molecule has 0 radical (unpaired) electrons. The van der Waals surface area contributed by atoms with Crippen LogP contribution in [-0.2, 0) is 0 Å². The molecule has 2 aromatic carbocycles. The number of rotatable bonds is 4. The molecule has 0 saturated heterocycles. The minimum Gasteiger partial charge on any atom is -0.307 e. The van der Waals surface area contributed by atoms with Gasteiger partial charge in [-0.1, -0.05) is 41.1 Å². The van der Waals surface area contributed by atoms with Gasteiger partial charge in [0.05, 0.1) is 6.04 Å².